The maximum atomic E-state index is 9.45. The van der Waals surface area contributed by atoms with Crippen LogP contribution in [0.3, 0.4) is 0 Å². The minimum absolute atomic E-state index is 0.0384. The minimum Gasteiger partial charge on any atom is -0.394 e. The number of likely N-dealkylation sites (tertiary alicyclic amines) is 1. The molecule has 0 aliphatic carbocycles. The Morgan fingerprint density at radius 1 is 1.22 bits per heavy atom. The van der Waals surface area contributed by atoms with E-state index in [1.165, 1.54) is 5.56 Å². The molecule has 0 saturated carbocycles. The van der Waals surface area contributed by atoms with Gasteiger partial charge in [0.25, 0.3) is 0 Å². The largest absolute Gasteiger partial charge is 0.394 e. The van der Waals surface area contributed by atoms with Crippen LogP contribution in [0, 0.1) is 0 Å². The summed E-state index contributed by atoms with van der Waals surface area (Å²) < 4.78 is 0. The lowest BCUT2D eigenvalue weighted by molar-refractivity contribution is 0.0849. The second-order valence-corrected chi connectivity index (χ2v) is 5.27. The van der Waals surface area contributed by atoms with Gasteiger partial charge < -0.3 is 15.3 Å². The van der Waals surface area contributed by atoms with Gasteiger partial charge in [0.05, 0.1) is 6.61 Å². The number of hydrogen-bond donors (Lipinski definition) is 2. The van der Waals surface area contributed by atoms with E-state index in [1.807, 2.05) is 7.05 Å². The van der Waals surface area contributed by atoms with E-state index in [-0.39, 0.29) is 12.1 Å². The van der Waals surface area contributed by atoms with Crippen molar-refractivity contribution < 1.29 is 5.11 Å². The van der Waals surface area contributed by atoms with Crippen molar-refractivity contribution in [1.29, 1.82) is 0 Å². The molecule has 2 N–H and O–H groups in total. The van der Waals surface area contributed by atoms with E-state index < -0.39 is 0 Å². The number of benzene rings is 1. The molecule has 1 fully saturated rings. The summed E-state index contributed by atoms with van der Waals surface area (Å²) >= 11 is 0. The number of nitrogens with zero attached hydrogens (tertiary/aromatic N) is 1. The molecule has 1 aromatic rings. The van der Waals surface area contributed by atoms with Gasteiger partial charge in [0, 0.05) is 12.1 Å². The Hall–Kier alpha value is -0.900. The monoisotopic (exact) mass is 248 g/mol. The number of likely N-dealkylation sites (N-methyl/N-ethyl adjacent to an activating group) is 1. The van der Waals surface area contributed by atoms with Crippen molar-refractivity contribution >= 4 is 0 Å². The number of rotatable bonds is 5. The van der Waals surface area contributed by atoms with E-state index in [9.17, 15) is 5.11 Å². The van der Waals surface area contributed by atoms with Gasteiger partial charge in [-0.15, -0.1) is 0 Å². The average Bonchev–Trinajstić information content (AvgIpc) is 2.47. The first-order valence-corrected chi connectivity index (χ1v) is 6.84. The Balaban J connectivity index is 1.77. The van der Waals surface area contributed by atoms with Crippen LogP contribution in [0.15, 0.2) is 30.3 Å². The first kappa shape index (κ1) is 13.5. The SMILES string of the molecule is CNC1(CO)CCN(CCc2ccccc2)CC1. The molecule has 0 unspecified atom stereocenters. The molecule has 1 heterocycles. The number of aliphatic hydroxyl groups is 1. The zero-order valence-corrected chi connectivity index (χ0v) is 11.2. The first-order valence-electron chi connectivity index (χ1n) is 6.84. The van der Waals surface area contributed by atoms with Gasteiger partial charge in [0.15, 0.2) is 0 Å². The third kappa shape index (κ3) is 3.31. The maximum absolute atomic E-state index is 9.45. The van der Waals surface area contributed by atoms with Gasteiger partial charge in [-0.1, -0.05) is 30.3 Å². The second-order valence-electron chi connectivity index (χ2n) is 5.27. The van der Waals surface area contributed by atoms with Crippen LogP contribution < -0.4 is 5.32 Å². The van der Waals surface area contributed by atoms with Crippen molar-refractivity contribution in [3.63, 3.8) is 0 Å². The third-order valence-electron chi connectivity index (χ3n) is 4.21. The Morgan fingerprint density at radius 2 is 1.89 bits per heavy atom. The van der Waals surface area contributed by atoms with E-state index in [4.69, 9.17) is 0 Å². The smallest absolute Gasteiger partial charge is 0.0614 e. The van der Waals surface area contributed by atoms with Crippen molar-refractivity contribution in [3.05, 3.63) is 35.9 Å². The molecule has 0 spiro atoms. The van der Waals surface area contributed by atoms with E-state index in [2.05, 4.69) is 40.5 Å². The highest BCUT2D eigenvalue weighted by Crippen LogP contribution is 2.21. The molecular formula is C15H24N2O. The molecular weight excluding hydrogens is 224 g/mol. The van der Waals surface area contributed by atoms with Crippen LogP contribution in [-0.2, 0) is 6.42 Å². The molecule has 2 rings (SSSR count). The van der Waals surface area contributed by atoms with Gasteiger partial charge in [-0.3, -0.25) is 0 Å². The lowest BCUT2D eigenvalue weighted by Crippen LogP contribution is -2.54. The van der Waals surface area contributed by atoms with E-state index in [0.717, 1.165) is 38.9 Å². The lowest BCUT2D eigenvalue weighted by atomic mass is 9.88. The summed E-state index contributed by atoms with van der Waals surface area (Å²) in [7, 11) is 1.95. The molecule has 1 saturated heterocycles. The predicted molar refractivity (Wildman–Crippen MR) is 74.7 cm³/mol. The molecule has 0 aromatic heterocycles. The van der Waals surface area contributed by atoms with Crippen molar-refractivity contribution in [3.8, 4) is 0 Å². The van der Waals surface area contributed by atoms with Crippen LogP contribution in [0.25, 0.3) is 0 Å². The zero-order valence-electron chi connectivity index (χ0n) is 11.2. The highest BCUT2D eigenvalue weighted by molar-refractivity contribution is 5.14. The zero-order chi connectivity index (χ0) is 12.8. The second kappa shape index (κ2) is 6.32. The van der Waals surface area contributed by atoms with Crippen LogP contribution in [0.2, 0.25) is 0 Å². The number of aliphatic hydroxyl groups excluding tert-OH is 1. The summed E-state index contributed by atoms with van der Waals surface area (Å²) in [6, 6.07) is 10.6. The summed E-state index contributed by atoms with van der Waals surface area (Å²) in [6.45, 7) is 3.52. The Labute approximate surface area is 110 Å². The molecule has 1 aliphatic heterocycles. The van der Waals surface area contributed by atoms with Gasteiger partial charge in [0.1, 0.15) is 0 Å². The van der Waals surface area contributed by atoms with Crippen molar-refractivity contribution in [1.82, 2.24) is 10.2 Å². The van der Waals surface area contributed by atoms with Crippen LogP contribution in [-0.4, -0.2) is 48.8 Å². The molecule has 1 aromatic carbocycles. The van der Waals surface area contributed by atoms with Crippen LogP contribution in [0.4, 0.5) is 0 Å². The van der Waals surface area contributed by atoms with Crippen molar-refractivity contribution in [2.75, 3.05) is 33.3 Å². The molecule has 3 nitrogen and oxygen atoms in total. The summed E-state index contributed by atoms with van der Waals surface area (Å²) in [5.41, 5.74) is 1.37. The van der Waals surface area contributed by atoms with Crippen LogP contribution in [0.1, 0.15) is 18.4 Å². The molecule has 0 atom stereocenters. The standard InChI is InChI=1S/C15H24N2O/c1-16-15(13-18)8-11-17(12-9-15)10-7-14-5-3-2-4-6-14/h2-6,16,18H,7-13H2,1H3. The third-order valence-corrected chi connectivity index (χ3v) is 4.21. The summed E-state index contributed by atoms with van der Waals surface area (Å²) in [5, 5.41) is 12.7. The van der Waals surface area contributed by atoms with Gasteiger partial charge in [-0.05, 0) is 45.0 Å². The van der Waals surface area contributed by atoms with E-state index in [1.54, 1.807) is 0 Å². The molecule has 3 heteroatoms. The Bertz CT molecular complexity index is 339. The van der Waals surface area contributed by atoms with Crippen molar-refractivity contribution in [2.45, 2.75) is 24.8 Å². The molecule has 0 amide bonds. The van der Waals surface area contributed by atoms with Gasteiger partial charge in [-0.2, -0.15) is 0 Å². The summed E-state index contributed by atoms with van der Waals surface area (Å²) in [4.78, 5) is 2.50. The highest BCUT2D eigenvalue weighted by atomic mass is 16.3. The fourth-order valence-electron chi connectivity index (χ4n) is 2.62. The Morgan fingerprint density at radius 3 is 2.44 bits per heavy atom. The summed E-state index contributed by atoms with van der Waals surface area (Å²) in [6.07, 6.45) is 3.19. The Kier molecular flexibility index (Phi) is 4.75. The highest BCUT2D eigenvalue weighted by Gasteiger charge is 2.31. The van der Waals surface area contributed by atoms with Crippen LogP contribution in [0.5, 0.6) is 0 Å². The fourth-order valence-corrected chi connectivity index (χ4v) is 2.62. The number of piperidine rings is 1. The maximum Gasteiger partial charge on any atom is 0.0614 e. The quantitative estimate of drug-likeness (QED) is 0.824. The average molecular weight is 248 g/mol. The minimum atomic E-state index is -0.0384. The van der Waals surface area contributed by atoms with E-state index >= 15 is 0 Å². The predicted octanol–water partition coefficient (Wildman–Crippen LogP) is 1.28. The normalized spacial score (nSPS) is 19.9. The molecule has 1 aliphatic rings. The van der Waals surface area contributed by atoms with E-state index in [0.29, 0.717) is 0 Å². The first-order chi connectivity index (χ1) is 8.78. The number of nitrogens with one attached hydrogen (secondary N) is 1. The molecule has 100 valence electrons. The number of hydrogen-bond acceptors (Lipinski definition) is 3. The van der Waals surface area contributed by atoms with Crippen molar-refractivity contribution in [2.24, 2.45) is 0 Å². The van der Waals surface area contributed by atoms with Crippen LogP contribution >= 0.6 is 0 Å². The lowest BCUT2D eigenvalue weighted by Gasteiger charge is -2.40. The van der Waals surface area contributed by atoms with Gasteiger partial charge in [0.2, 0.25) is 0 Å². The molecule has 0 bridgehead atoms. The van der Waals surface area contributed by atoms with Gasteiger partial charge in [-0.25, -0.2) is 0 Å². The molecule has 0 radical (unpaired) electrons. The summed E-state index contributed by atoms with van der Waals surface area (Å²) in [5.74, 6) is 0. The topological polar surface area (TPSA) is 35.5 Å². The molecule has 18 heavy (non-hydrogen) atoms. The fraction of sp³-hybridized carbons (Fsp3) is 0.600. The van der Waals surface area contributed by atoms with Gasteiger partial charge >= 0.3 is 0 Å².